The summed E-state index contributed by atoms with van der Waals surface area (Å²) in [5.41, 5.74) is 1.25. The highest BCUT2D eigenvalue weighted by molar-refractivity contribution is 7.91. The third-order valence-electron chi connectivity index (χ3n) is 13.6. The number of fused-ring (bicyclic) bond motifs is 5. The summed E-state index contributed by atoms with van der Waals surface area (Å²) >= 11 is 1.46. The predicted molar refractivity (Wildman–Crippen MR) is 239 cm³/mol. The number of sulfonamides is 1. The van der Waals surface area contributed by atoms with E-state index < -0.39 is 68.2 Å². The van der Waals surface area contributed by atoms with Crippen LogP contribution in [-0.4, -0.2) is 95.3 Å². The van der Waals surface area contributed by atoms with Gasteiger partial charge in [0.1, 0.15) is 46.0 Å². The number of aromatic nitrogens is 2. The van der Waals surface area contributed by atoms with Crippen molar-refractivity contribution in [1.29, 1.82) is 0 Å². The maximum absolute atomic E-state index is 14.9. The van der Waals surface area contributed by atoms with Crippen molar-refractivity contribution in [2.24, 2.45) is 5.92 Å². The number of thiazole rings is 1. The van der Waals surface area contributed by atoms with Gasteiger partial charge in [-0.25, -0.2) is 23.2 Å². The lowest BCUT2D eigenvalue weighted by Crippen LogP contribution is -2.58. The first-order valence-corrected chi connectivity index (χ1v) is 24.9. The maximum atomic E-state index is 14.9. The number of alkyl carbamates (subject to hydrolysis) is 1. The van der Waals surface area contributed by atoms with Crippen LogP contribution < -0.4 is 24.8 Å². The molecule has 0 bridgehead atoms. The van der Waals surface area contributed by atoms with Crippen molar-refractivity contribution in [1.82, 2.24) is 30.2 Å². The molecule has 4 fully saturated rings. The van der Waals surface area contributed by atoms with E-state index >= 15 is 0 Å². The molecule has 0 unspecified atom stereocenters. The minimum atomic E-state index is -4.02. The molecule has 3 aromatic heterocycles. The van der Waals surface area contributed by atoms with Crippen molar-refractivity contribution in [3.05, 3.63) is 47.5 Å². The van der Waals surface area contributed by atoms with Gasteiger partial charge in [0.2, 0.25) is 21.8 Å². The Balaban J connectivity index is 1.07. The lowest BCUT2D eigenvalue weighted by molar-refractivity contribution is -0.141. The Labute approximate surface area is 376 Å². The van der Waals surface area contributed by atoms with E-state index in [1.807, 2.05) is 29.7 Å². The van der Waals surface area contributed by atoms with Gasteiger partial charge >= 0.3 is 6.09 Å². The molecule has 0 radical (unpaired) electrons. The molecular weight excluding hydrogens is 861 g/mol. The summed E-state index contributed by atoms with van der Waals surface area (Å²) in [4.78, 5) is 68.4. The van der Waals surface area contributed by atoms with Crippen LogP contribution in [0.15, 0.2) is 46.2 Å². The smallest absolute Gasteiger partial charge is 0.408 e. The molecule has 9 rings (SSSR count). The van der Waals surface area contributed by atoms with Gasteiger partial charge in [0.25, 0.3) is 5.91 Å². The number of rotatable bonds is 10. The first kappa shape index (κ1) is 44.0. The number of pyridine rings is 1. The van der Waals surface area contributed by atoms with Crippen molar-refractivity contribution in [2.45, 2.75) is 145 Å². The number of hydrogen-bond acceptors (Lipinski definition) is 13. The molecule has 2 aliphatic heterocycles. The lowest BCUT2D eigenvalue weighted by Gasteiger charge is -2.30. The van der Waals surface area contributed by atoms with E-state index in [0.29, 0.717) is 76.4 Å². The molecule has 4 amide bonds. The number of amides is 4. The van der Waals surface area contributed by atoms with Gasteiger partial charge in [-0.05, 0) is 89.2 Å². The van der Waals surface area contributed by atoms with Crippen molar-refractivity contribution in [2.75, 3.05) is 13.7 Å². The second-order valence-corrected chi connectivity index (χ2v) is 21.6. The van der Waals surface area contributed by atoms with E-state index in [1.54, 1.807) is 26.2 Å². The highest BCUT2D eigenvalue weighted by Crippen LogP contribution is 2.48. The number of furan rings is 1. The van der Waals surface area contributed by atoms with Gasteiger partial charge < -0.3 is 34.2 Å². The summed E-state index contributed by atoms with van der Waals surface area (Å²) < 4.78 is 52.5. The number of nitrogens with zero attached hydrogens (tertiary/aromatic N) is 3. The molecule has 5 atom stereocenters. The van der Waals surface area contributed by atoms with Gasteiger partial charge in [-0.1, -0.05) is 44.9 Å². The quantitative estimate of drug-likeness (QED) is 0.137. The highest BCUT2D eigenvalue weighted by atomic mass is 32.2. The van der Waals surface area contributed by atoms with Crippen LogP contribution in [-0.2, 0) is 29.1 Å². The zero-order valence-electron chi connectivity index (χ0n) is 36.6. The van der Waals surface area contributed by atoms with Crippen LogP contribution in [0.2, 0.25) is 0 Å². The van der Waals surface area contributed by atoms with Crippen LogP contribution >= 0.6 is 11.3 Å². The molecular formula is C46H56N6O10S2. The largest absolute Gasteiger partial charge is 0.493 e. The monoisotopic (exact) mass is 916 g/mol. The van der Waals surface area contributed by atoms with E-state index in [1.165, 1.54) is 16.2 Å². The van der Waals surface area contributed by atoms with E-state index in [9.17, 15) is 27.6 Å². The molecule has 3 N–H and O–H groups in total. The van der Waals surface area contributed by atoms with Crippen LogP contribution in [0.25, 0.3) is 32.8 Å². The Morgan fingerprint density at radius 3 is 2.53 bits per heavy atom. The fraction of sp³-hybridized carbons (Fsp3) is 0.565. The minimum absolute atomic E-state index is 0.00281. The van der Waals surface area contributed by atoms with Crippen molar-refractivity contribution < 1.29 is 46.2 Å². The Morgan fingerprint density at radius 2 is 1.80 bits per heavy atom. The van der Waals surface area contributed by atoms with Crippen LogP contribution in [0.3, 0.4) is 0 Å². The van der Waals surface area contributed by atoms with Gasteiger partial charge in [0.15, 0.2) is 22.7 Å². The first-order chi connectivity index (χ1) is 30.7. The van der Waals surface area contributed by atoms with Crippen LogP contribution in [0.5, 0.6) is 11.5 Å². The third kappa shape index (κ3) is 8.54. The zero-order valence-corrected chi connectivity index (χ0v) is 38.3. The molecule has 16 nitrogen and oxygen atoms in total. The molecule has 4 aromatic rings. The normalized spacial score (nSPS) is 26.7. The summed E-state index contributed by atoms with van der Waals surface area (Å²) in [6.45, 7) is 5.67. The summed E-state index contributed by atoms with van der Waals surface area (Å²) in [5, 5.41) is 9.15. The summed E-state index contributed by atoms with van der Waals surface area (Å²) in [5.74, 6) is -1.38. The van der Waals surface area contributed by atoms with E-state index in [2.05, 4.69) is 29.2 Å². The number of hydrogen-bond donors (Lipinski definition) is 3. The fourth-order valence-electron chi connectivity index (χ4n) is 9.19. The molecule has 5 heterocycles. The molecule has 5 aliphatic rings. The lowest BCUT2D eigenvalue weighted by atomic mass is 10.0. The number of nitrogens with one attached hydrogen (secondary N) is 3. The minimum Gasteiger partial charge on any atom is -0.493 e. The summed E-state index contributed by atoms with van der Waals surface area (Å²) in [6.07, 6.45) is 9.78. The van der Waals surface area contributed by atoms with Crippen LogP contribution in [0, 0.1) is 5.92 Å². The molecule has 342 valence electrons. The average molecular weight is 917 g/mol. The average Bonchev–Trinajstić information content (AvgIpc) is 3.74. The topological polar surface area (TPSA) is 208 Å². The summed E-state index contributed by atoms with van der Waals surface area (Å²) in [6, 6.07) is 5.10. The molecule has 18 heteroatoms. The van der Waals surface area contributed by atoms with E-state index in [-0.39, 0.29) is 31.4 Å². The number of para-hydroxylation sites is 1. The van der Waals surface area contributed by atoms with E-state index in [0.717, 1.165) is 44.2 Å². The second kappa shape index (κ2) is 17.3. The first-order valence-electron chi connectivity index (χ1n) is 22.5. The fourth-order valence-corrected chi connectivity index (χ4v) is 11.4. The number of carbonyl (C=O) groups excluding carboxylic acids is 4. The number of ether oxygens (including phenoxy) is 3. The zero-order chi connectivity index (χ0) is 45.0. The van der Waals surface area contributed by atoms with Gasteiger partial charge in [-0.15, -0.1) is 11.3 Å². The second-order valence-electron chi connectivity index (χ2n) is 18.6. The molecule has 64 heavy (non-hydrogen) atoms. The highest BCUT2D eigenvalue weighted by Gasteiger charge is 2.63. The van der Waals surface area contributed by atoms with Crippen LogP contribution in [0.4, 0.5) is 4.79 Å². The van der Waals surface area contributed by atoms with Crippen molar-refractivity contribution >= 4 is 67.2 Å². The Kier molecular flexibility index (Phi) is 11.9. The van der Waals surface area contributed by atoms with Gasteiger partial charge in [0.05, 0.1) is 29.5 Å². The standard InChI is InChI=1S/C46H56N6O10S2/c1-26(2)33-25-63-41(48-33)32-22-36(39-37(47-32)30-16-12-18-35(59-4)38(30)62-39)60-29-21-34-40(53)50-46(43(55)51-64(57,58)45(3)19-20-45)23-27(46)13-8-6-5-7-9-17-31(42(54)52(34)24-29)49-44(56)61-28-14-10-11-15-28/h8,12-13,16,18,22,25-29,31,34H,5-7,9-11,14-15,17,19-21,23-24H2,1-4H3,(H,49,56)(H,50,53)(H,51,55)/b13-8-/t27-,29-,31+,34+,46-/m1/s1. The Morgan fingerprint density at radius 1 is 1.02 bits per heavy atom. The molecule has 1 aromatic carbocycles. The number of benzene rings is 1. The molecule has 3 aliphatic carbocycles. The van der Waals surface area contributed by atoms with Crippen molar-refractivity contribution in [3.8, 4) is 22.2 Å². The van der Waals surface area contributed by atoms with Crippen molar-refractivity contribution in [3.63, 3.8) is 0 Å². The predicted octanol–water partition coefficient (Wildman–Crippen LogP) is 7.02. The number of allylic oxidation sites excluding steroid dienone is 1. The Hall–Kier alpha value is -5.23. The van der Waals surface area contributed by atoms with Gasteiger partial charge in [-0.3, -0.25) is 19.1 Å². The Bertz CT molecular complexity index is 2610. The molecule has 1 saturated heterocycles. The summed E-state index contributed by atoms with van der Waals surface area (Å²) in [7, 11) is -2.47. The number of methoxy groups -OCH3 is 1. The van der Waals surface area contributed by atoms with E-state index in [4.69, 9.17) is 28.6 Å². The molecule has 0 spiro atoms. The van der Waals surface area contributed by atoms with Gasteiger partial charge in [0, 0.05) is 23.8 Å². The van der Waals surface area contributed by atoms with Gasteiger partial charge in [-0.2, -0.15) is 0 Å². The third-order valence-corrected chi connectivity index (χ3v) is 16.6. The molecule has 3 saturated carbocycles. The maximum Gasteiger partial charge on any atom is 0.408 e. The van der Waals surface area contributed by atoms with Crippen LogP contribution in [0.1, 0.15) is 116 Å². The number of carbonyl (C=O) groups is 4. The SMILES string of the molecule is COc1cccc2c1oc1c(O[C@@H]3C[C@H]4C(=O)N[C@]5(C(=O)NS(=O)(=O)C6(C)CC6)C[C@H]5/C=C\CCCCC[C@H](NC(=O)OC5CCCC5)C(=O)N4C3)cc(-c3nc(C(C)C)cs3)nc12.